The van der Waals surface area contributed by atoms with Gasteiger partial charge in [0, 0.05) is 36.3 Å². The Labute approximate surface area is 208 Å². The van der Waals surface area contributed by atoms with Crippen molar-refractivity contribution in [2.75, 3.05) is 25.4 Å². The van der Waals surface area contributed by atoms with E-state index in [-0.39, 0.29) is 42.5 Å². The monoisotopic (exact) mass is 518 g/mol. The first-order chi connectivity index (χ1) is 17.1. The molecule has 2 aromatic rings. The zero-order valence-corrected chi connectivity index (χ0v) is 20.7. The van der Waals surface area contributed by atoms with Crippen molar-refractivity contribution < 1.29 is 32.2 Å². The summed E-state index contributed by atoms with van der Waals surface area (Å²) in [5.41, 5.74) is 0.274. The second-order valence-corrected chi connectivity index (χ2v) is 11.7. The van der Waals surface area contributed by atoms with E-state index in [9.17, 15) is 22.7 Å². The Morgan fingerprint density at radius 1 is 1.36 bits per heavy atom. The van der Waals surface area contributed by atoms with E-state index in [0.29, 0.717) is 29.8 Å². The van der Waals surface area contributed by atoms with Gasteiger partial charge in [-0.05, 0) is 42.2 Å². The highest BCUT2D eigenvalue weighted by Crippen LogP contribution is 2.51. The van der Waals surface area contributed by atoms with Gasteiger partial charge in [0.1, 0.15) is 24.0 Å². The number of pyridine rings is 1. The number of benzene rings is 1. The Bertz CT molecular complexity index is 1330. The number of hydrogen-bond donors (Lipinski definition) is 2. The van der Waals surface area contributed by atoms with Gasteiger partial charge in [-0.3, -0.25) is 0 Å². The summed E-state index contributed by atoms with van der Waals surface area (Å²) in [5.74, 6) is -0.593. The number of rotatable bonds is 4. The van der Waals surface area contributed by atoms with E-state index in [1.807, 2.05) is 13.8 Å². The number of nitrogens with zero attached hydrogens (tertiary/aromatic N) is 3. The summed E-state index contributed by atoms with van der Waals surface area (Å²) in [4.78, 5) is 19.7. The van der Waals surface area contributed by atoms with Crippen molar-refractivity contribution >= 4 is 22.1 Å². The summed E-state index contributed by atoms with van der Waals surface area (Å²) in [6.45, 7) is 4.13. The number of hydrogen-bond acceptors (Lipinski definition) is 7. The molecule has 0 aliphatic carbocycles. The molecule has 2 N–H and O–H groups in total. The number of sulfonamides is 1. The average Bonchev–Trinajstić information content (AvgIpc) is 3.22. The maximum Gasteiger partial charge on any atom is 0.412 e. The lowest BCUT2D eigenvalue weighted by Gasteiger charge is -2.48. The molecule has 3 aliphatic heterocycles. The van der Waals surface area contributed by atoms with Crippen LogP contribution in [0.1, 0.15) is 25.8 Å². The van der Waals surface area contributed by atoms with Crippen LogP contribution in [0.15, 0.2) is 41.5 Å². The maximum atomic E-state index is 14.5. The molecule has 1 amide bonds. The first-order valence-corrected chi connectivity index (χ1v) is 13.3. The molecule has 4 heterocycles. The molecule has 3 aliphatic rings. The number of amidine groups is 1. The SMILES string of the molecule is CC(C)CS(=O)(=O)N1CC[C@@H]2Oc3ccc(-c4cccnc4F)cc3C3(COC(NC(=O)O)=N3)[C@H]2C1. The first-order valence-electron chi connectivity index (χ1n) is 11.7. The van der Waals surface area contributed by atoms with Crippen LogP contribution in [0.4, 0.5) is 9.18 Å². The molecular formula is C24H27FN4O6S. The van der Waals surface area contributed by atoms with E-state index in [0.717, 1.165) is 0 Å². The third kappa shape index (κ3) is 4.28. The number of carboxylic acid groups (broad SMARTS) is 1. The van der Waals surface area contributed by atoms with Crippen LogP contribution < -0.4 is 10.1 Å². The Kier molecular flexibility index (Phi) is 6.11. The zero-order valence-electron chi connectivity index (χ0n) is 19.8. The second kappa shape index (κ2) is 9.00. The Balaban J connectivity index is 1.61. The van der Waals surface area contributed by atoms with Crippen LogP contribution >= 0.6 is 0 Å². The molecule has 3 atom stereocenters. The third-order valence-corrected chi connectivity index (χ3v) is 9.01. The van der Waals surface area contributed by atoms with Crippen LogP contribution in [0.5, 0.6) is 5.75 Å². The highest BCUT2D eigenvalue weighted by atomic mass is 32.2. The molecule has 1 unspecified atom stereocenters. The van der Waals surface area contributed by atoms with Crippen LogP contribution in [-0.2, 0) is 20.3 Å². The van der Waals surface area contributed by atoms with Gasteiger partial charge < -0.3 is 14.6 Å². The van der Waals surface area contributed by atoms with E-state index >= 15 is 0 Å². The highest BCUT2D eigenvalue weighted by molar-refractivity contribution is 7.89. The van der Waals surface area contributed by atoms with Gasteiger partial charge in [0.05, 0.1) is 5.75 Å². The summed E-state index contributed by atoms with van der Waals surface area (Å²) < 4.78 is 54.1. The number of carbonyl (C=O) groups is 1. The Morgan fingerprint density at radius 2 is 2.17 bits per heavy atom. The minimum atomic E-state index is -3.53. The van der Waals surface area contributed by atoms with Crippen molar-refractivity contribution in [2.24, 2.45) is 16.8 Å². The van der Waals surface area contributed by atoms with Crippen molar-refractivity contribution in [3.8, 4) is 16.9 Å². The van der Waals surface area contributed by atoms with E-state index in [1.165, 1.54) is 10.5 Å². The summed E-state index contributed by atoms with van der Waals surface area (Å²) in [7, 11) is -3.53. The molecule has 0 bridgehead atoms. The maximum absolute atomic E-state index is 14.5. The molecule has 12 heteroatoms. The van der Waals surface area contributed by atoms with E-state index in [4.69, 9.17) is 9.47 Å². The topological polar surface area (TPSA) is 130 Å². The lowest BCUT2D eigenvalue weighted by Crippen LogP contribution is -2.58. The molecule has 10 nitrogen and oxygen atoms in total. The molecule has 1 fully saturated rings. The lowest BCUT2D eigenvalue weighted by atomic mass is 9.71. The summed E-state index contributed by atoms with van der Waals surface area (Å²) in [6, 6.07) is 8.26. The first kappa shape index (κ1) is 24.4. The third-order valence-electron chi connectivity index (χ3n) is 6.80. The number of nitrogens with one attached hydrogen (secondary N) is 1. The molecule has 1 spiro atoms. The van der Waals surface area contributed by atoms with Crippen LogP contribution in [-0.4, -0.2) is 66.5 Å². The van der Waals surface area contributed by atoms with E-state index in [2.05, 4.69) is 15.3 Å². The van der Waals surface area contributed by atoms with Crippen molar-refractivity contribution in [2.45, 2.75) is 31.9 Å². The number of ether oxygens (including phenoxy) is 2. The zero-order chi connectivity index (χ0) is 25.7. The normalized spacial score (nSPS) is 25.5. The Morgan fingerprint density at radius 3 is 2.89 bits per heavy atom. The van der Waals surface area contributed by atoms with Gasteiger partial charge in [0.15, 0.2) is 0 Å². The van der Waals surface area contributed by atoms with Crippen molar-refractivity contribution in [1.82, 2.24) is 14.6 Å². The number of fused-ring (bicyclic) bond motifs is 4. The molecule has 1 aromatic carbocycles. The van der Waals surface area contributed by atoms with Gasteiger partial charge in [-0.25, -0.2) is 32.8 Å². The summed E-state index contributed by atoms with van der Waals surface area (Å²) in [6.07, 6.45) is 0.116. The van der Waals surface area contributed by atoms with Gasteiger partial charge in [-0.2, -0.15) is 4.39 Å². The lowest BCUT2D eigenvalue weighted by molar-refractivity contribution is -0.00358. The number of halogens is 1. The number of amides is 1. The minimum Gasteiger partial charge on any atom is -0.490 e. The smallest absolute Gasteiger partial charge is 0.412 e. The molecule has 1 saturated heterocycles. The molecule has 36 heavy (non-hydrogen) atoms. The van der Waals surface area contributed by atoms with Gasteiger partial charge in [-0.15, -0.1) is 0 Å². The van der Waals surface area contributed by atoms with Crippen LogP contribution in [0, 0.1) is 17.8 Å². The average molecular weight is 519 g/mol. The fourth-order valence-electron chi connectivity index (χ4n) is 5.29. The summed E-state index contributed by atoms with van der Waals surface area (Å²) in [5, 5.41) is 11.4. The molecule has 0 saturated carbocycles. The summed E-state index contributed by atoms with van der Waals surface area (Å²) >= 11 is 0. The molecular weight excluding hydrogens is 491 g/mol. The fraction of sp³-hybridized carbons (Fsp3) is 0.458. The number of piperidine rings is 1. The second-order valence-electron chi connectivity index (χ2n) is 9.69. The standard InChI is InChI=1S/C24H27FN4O6S/c1-14(2)12-36(32,33)29-9-7-20-18(11-29)24(13-34-22(28-24)27-23(30)31)17-10-15(5-6-19(17)35-20)16-4-3-8-26-21(16)25/h3-6,8,10,14,18,20H,7,9,11-13H2,1-2H3,(H,27,28)(H,30,31)/t18-,20-,24?/m0/s1. The van der Waals surface area contributed by atoms with Crippen LogP contribution in [0.25, 0.3) is 11.1 Å². The van der Waals surface area contributed by atoms with Crippen LogP contribution in [0.2, 0.25) is 0 Å². The van der Waals surface area contributed by atoms with Gasteiger partial charge in [-0.1, -0.05) is 19.9 Å². The Hall–Kier alpha value is -3.25. The molecule has 5 rings (SSSR count). The fourth-order valence-corrected chi connectivity index (χ4v) is 7.11. The van der Waals surface area contributed by atoms with E-state index in [1.54, 1.807) is 30.3 Å². The number of aliphatic imine (C=N–C) groups is 1. The quantitative estimate of drug-likeness (QED) is 0.595. The van der Waals surface area contributed by atoms with Crippen LogP contribution in [0.3, 0.4) is 0 Å². The van der Waals surface area contributed by atoms with Crippen molar-refractivity contribution in [1.29, 1.82) is 0 Å². The predicted octanol–water partition coefficient (Wildman–Crippen LogP) is 2.81. The molecule has 192 valence electrons. The van der Waals surface area contributed by atoms with Gasteiger partial charge >= 0.3 is 6.09 Å². The molecule has 0 radical (unpaired) electrons. The van der Waals surface area contributed by atoms with E-state index < -0.39 is 33.5 Å². The van der Waals surface area contributed by atoms with Crippen molar-refractivity contribution in [3.05, 3.63) is 48.0 Å². The predicted molar refractivity (Wildman–Crippen MR) is 129 cm³/mol. The number of aromatic nitrogens is 1. The van der Waals surface area contributed by atoms with Crippen molar-refractivity contribution in [3.63, 3.8) is 0 Å². The minimum absolute atomic E-state index is 0.0167. The largest absolute Gasteiger partial charge is 0.490 e. The van der Waals surface area contributed by atoms with Gasteiger partial charge in [0.25, 0.3) is 6.02 Å². The van der Waals surface area contributed by atoms with Gasteiger partial charge in [0.2, 0.25) is 16.0 Å². The molecule has 1 aromatic heterocycles. The highest BCUT2D eigenvalue weighted by Gasteiger charge is 2.56.